The van der Waals surface area contributed by atoms with E-state index in [0.717, 1.165) is 33.8 Å². The highest BCUT2D eigenvalue weighted by Crippen LogP contribution is 2.38. The Kier molecular flexibility index (Phi) is 6.73. The summed E-state index contributed by atoms with van der Waals surface area (Å²) in [6, 6.07) is 17.5. The lowest BCUT2D eigenvalue weighted by Crippen LogP contribution is -2.28. The van der Waals surface area contributed by atoms with Crippen LogP contribution in [0.2, 0.25) is 5.02 Å². The quantitative estimate of drug-likeness (QED) is 0.304. The van der Waals surface area contributed by atoms with Crippen LogP contribution >= 0.6 is 11.6 Å². The van der Waals surface area contributed by atoms with Crippen molar-refractivity contribution < 1.29 is 14.3 Å². The summed E-state index contributed by atoms with van der Waals surface area (Å²) >= 11 is 6.38. The molecule has 0 fully saturated rings. The van der Waals surface area contributed by atoms with Crippen LogP contribution in [-0.2, 0) is 14.3 Å². The molecule has 0 radical (unpaired) electrons. The van der Waals surface area contributed by atoms with Crippen molar-refractivity contribution >= 4 is 29.6 Å². The minimum Gasteiger partial charge on any atom is -0.465 e. The smallest absolute Gasteiger partial charge is 0.340 e. The summed E-state index contributed by atoms with van der Waals surface area (Å²) in [4.78, 5) is 28.2. The monoisotopic (exact) mass is 488 g/mol. The summed E-state index contributed by atoms with van der Waals surface area (Å²) in [5.74, 6) is -0.744. The lowest BCUT2D eigenvalue weighted by Gasteiger charge is -2.26. The van der Waals surface area contributed by atoms with E-state index < -0.39 is 5.97 Å². The molecule has 1 aliphatic rings. The van der Waals surface area contributed by atoms with Crippen molar-refractivity contribution in [1.29, 1.82) is 0 Å². The van der Waals surface area contributed by atoms with Crippen molar-refractivity contribution in [3.8, 4) is 5.69 Å². The van der Waals surface area contributed by atoms with Crippen LogP contribution in [0.5, 0.6) is 0 Å². The fourth-order valence-corrected chi connectivity index (χ4v) is 4.93. The number of aromatic nitrogens is 1. The number of aryl methyl sites for hydroxylation is 2. The van der Waals surface area contributed by atoms with E-state index in [1.165, 1.54) is 7.11 Å². The molecule has 3 aromatic rings. The van der Waals surface area contributed by atoms with Crippen LogP contribution in [0.3, 0.4) is 0 Å². The predicted octanol–water partition coefficient (Wildman–Crippen LogP) is 6.49. The van der Waals surface area contributed by atoms with Gasteiger partial charge in [0.25, 0.3) is 5.91 Å². The number of allylic oxidation sites excluding steroid dienone is 1. The highest BCUT2D eigenvalue weighted by molar-refractivity contribution is 6.31. The number of rotatable bonds is 5. The summed E-state index contributed by atoms with van der Waals surface area (Å²) in [5.41, 5.74) is 6.94. The Hall–Kier alpha value is -3.57. The molecule has 4 rings (SSSR count). The van der Waals surface area contributed by atoms with Crippen LogP contribution in [-0.4, -0.2) is 28.5 Å². The van der Waals surface area contributed by atoms with Crippen LogP contribution in [0, 0.1) is 20.8 Å². The third-order valence-corrected chi connectivity index (χ3v) is 7.09. The molecule has 5 nitrogen and oxygen atoms in total. The molecule has 0 aliphatic carbocycles. The van der Waals surface area contributed by atoms with E-state index in [1.54, 1.807) is 17.9 Å². The third-order valence-electron chi connectivity index (χ3n) is 6.68. The Morgan fingerprint density at radius 2 is 1.71 bits per heavy atom. The van der Waals surface area contributed by atoms with Crippen LogP contribution in [0.1, 0.15) is 48.0 Å². The summed E-state index contributed by atoms with van der Waals surface area (Å²) < 4.78 is 7.16. The zero-order valence-corrected chi connectivity index (χ0v) is 21.6. The number of amides is 1. The molecule has 1 aromatic heterocycles. The van der Waals surface area contributed by atoms with Gasteiger partial charge in [0.2, 0.25) is 0 Å². The molecule has 0 spiro atoms. The van der Waals surface area contributed by atoms with E-state index in [1.807, 2.05) is 82.3 Å². The maximum atomic E-state index is 13.7. The Labute approximate surface area is 211 Å². The standard InChI is InChI=1S/C29H29ClN2O3/c1-17-12-13-24(16-26(17)30)31-18(2)14-23(20(31)4)15-25-27(29(34)35-6)21(5)32(28(25)33)19(3)22-10-8-7-9-11-22/h7-16,19H,1-6H3/b25-15+/t19-/m1/s1. The lowest BCUT2D eigenvalue weighted by atomic mass is 10.0. The summed E-state index contributed by atoms with van der Waals surface area (Å²) in [7, 11) is 1.33. The van der Waals surface area contributed by atoms with Crippen molar-refractivity contribution in [2.24, 2.45) is 0 Å². The van der Waals surface area contributed by atoms with Gasteiger partial charge in [-0.25, -0.2) is 4.79 Å². The Bertz CT molecular complexity index is 1380. The minimum absolute atomic E-state index is 0.220. The van der Waals surface area contributed by atoms with Gasteiger partial charge in [0.1, 0.15) is 0 Å². The number of hydrogen-bond acceptors (Lipinski definition) is 3. The molecule has 180 valence electrons. The van der Waals surface area contributed by atoms with Crippen LogP contribution in [0.15, 0.2) is 71.4 Å². The number of nitrogens with zero attached hydrogens (tertiary/aromatic N) is 2. The zero-order valence-electron chi connectivity index (χ0n) is 20.8. The fraction of sp³-hybridized carbons (Fsp3) is 0.241. The number of carbonyl (C=O) groups is 2. The van der Waals surface area contributed by atoms with E-state index in [-0.39, 0.29) is 11.9 Å². The van der Waals surface area contributed by atoms with Gasteiger partial charge in [0.05, 0.1) is 24.3 Å². The number of ether oxygens (including phenoxy) is 1. The molecule has 0 saturated heterocycles. The summed E-state index contributed by atoms with van der Waals surface area (Å²) in [6.45, 7) is 9.72. The SMILES string of the molecule is COC(=O)C1=C(C)N([C@H](C)c2ccccc2)C(=O)/C1=C/c1cc(C)n(-c2ccc(C)c(Cl)c2)c1C. The number of halogens is 1. The molecule has 35 heavy (non-hydrogen) atoms. The maximum absolute atomic E-state index is 13.7. The van der Waals surface area contributed by atoms with Crippen molar-refractivity contribution in [1.82, 2.24) is 9.47 Å². The van der Waals surface area contributed by atoms with Gasteiger partial charge >= 0.3 is 5.97 Å². The second-order valence-corrected chi connectivity index (χ2v) is 9.27. The molecular formula is C29H29ClN2O3. The van der Waals surface area contributed by atoms with Gasteiger partial charge in [-0.1, -0.05) is 48.0 Å². The molecule has 0 bridgehead atoms. The van der Waals surface area contributed by atoms with Gasteiger partial charge < -0.3 is 14.2 Å². The highest BCUT2D eigenvalue weighted by atomic mass is 35.5. The van der Waals surface area contributed by atoms with Crippen molar-refractivity contribution in [2.75, 3.05) is 7.11 Å². The molecule has 0 unspecified atom stereocenters. The number of benzene rings is 2. The van der Waals surface area contributed by atoms with Crippen molar-refractivity contribution in [3.63, 3.8) is 0 Å². The summed E-state index contributed by atoms with van der Waals surface area (Å²) in [5, 5.41) is 0.693. The zero-order chi connectivity index (χ0) is 25.4. The third kappa shape index (κ3) is 4.32. The fourth-order valence-electron chi connectivity index (χ4n) is 4.75. The molecule has 0 N–H and O–H groups in total. The Morgan fingerprint density at radius 1 is 1.03 bits per heavy atom. The van der Waals surface area contributed by atoms with Gasteiger partial charge in [0.15, 0.2) is 0 Å². The maximum Gasteiger partial charge on any atom is 0.340 e. The van der Waals surface area contributed by atoms with Crippen molar-refractivity contribution in [3.05, 3.63) is 105 Å². The minimum atomic E-state index is -0.524. The Balaban J connectivity index is 1.82. The second kappa shape index (κ2) is 9.59. The van der Waals surface area contributed by atoms with Gasteiger partial charge in [-0.05, 0) is 75.6 Å². The first kappa shape index (κ1) is 24.6. The van der Waals surface area contributed by atoms with E-state index in [2.05, 4.69) is 4.57 Å². The van der Waals surface area contributed by atoms with Gasteiger partial charge in [0, 0.05) is 27.8 Å². The topological polar surface area (TPSA) is 51.5 Å². The van der Waals surface area contributed by atoms with Crippen LogP contribution in [0.4, 0.5) is 0 Å². The van der Waals surface area contributed by atoms with Crippen LogP contribution in [0.25, 0.3) is 11.8 Å². The van der Waals surface area contributed by atoms with E-state index in [0.29, 0.717) is 21.9 Å². The molecule has 1 atom stereocenters. The molecule has 2 aromatic carbocycles. The van der Waals surface area contributed by atoms with Gasteiger partial charge in [-0.3, -0.25) is 4.79 Å². The second-order valence-electron chi connectivity index (χ2n) is 8.87. The first-order valence-electron chi connectivity index (χ1n) is 11.5. The number of methoxy groups -OCH3 is 1. The summed E-state index contributed by atoms with van der Waals surface area (Å²) in [6.07, 6.45) is 1.80. The number of esters is 1. The average molecular weight is 489 g/mol. The molecule has 0 saturated carbocycles. The first-order chi connectivity index (χ1) is 16.6. The van der Waals surface area contributed by atoms with Gasteiger partial charge in [-0.2, -0.15) is 0 Å². The van der Waals surface area contributed by atoms with Gasteiger partial charge in [-0.15, -0.1) is 0 Å². The van der Waals surface area contributed by atoms with Crippen LogP contribution < -0.4 is 0 Å². The Morgan fingerprint density at radius 3 is 2.34 bits per heavy atom. The molecule has 1 aliphatic heterocycles. The normalized spacial score (nSPS) is 15.8. The predicted molar refractivity (Wildman–Crippen MR) is 139 cm³/mol. The molecule has 6 heteroatoms. The molecular weight excluding hydrogens is 460 g/mol. The molecule has 1 amide bonds. The first-order valence-corrected chi connectivity index (χ1v) is 11.9. The number of carbonyl (C=O) groups excluding carboxylic acids is 2. The van der Waals surface area contributed by atoms with E-state index in [4.69, 9.17) is 16.3 Å². The van der Waals surface area contributed by atoms with E-state index >= 15 is 0 Å². The molecule has 2 heterocycles. The largest absolute Gasteiger partial charge is 0.465 e. The lowest BCUT2D eigenvalue weighted by molar-refractivity contribution is -0.136. The van der Waals surface area contributed by atoms with E-state index in [9.17, 15) is 9.59 Å². The van der Waals surface area contributed by atoms with Crippen molar-refractivity contribution in [2.45, 2.75) is 40.7 Å². The highest BCUT2D eigenvalue weighted by Gasteiger charge is 2.39. The number of hydrogen-bond donors (Lipinski definition) is 0. The average Bonchev–Trinajstić information content (AvgIpc) is 3.26.